The molecule has 0 radical (unpaired) electrons. The van der Waals surface area contributed by atoms with Crippen LogP contribution in [0.15, 0.2) is 12.3 Å². The highest BCUT2D eigenvalue weighted by Crippen LogP contribution is 2.22. The van der Waals surface area contributed by atoms with E-state index in [2.05, 4.69) is 23.4 Å². The standard InChI is InChI=1S/C14H25N3O/c1-3-15-13(14-9-10-17(2)16-14)8-4-6-12-7-5-11-18-12/h9-10,12-13,15H,3-8,11H2,1-2H3. The van der Waals surface area contributed by atoms with Crippen molar-refractivity contribution in [2.24, 2.45) is 7.05 Å². The molecule has 4 nitrogen and oxygen atoms in total. The second-order valence-electron chi connectivity index (χ2n) is 5.09. The van der Waals surface area contributed by atoms with Gasteiger partial charge in [-0.25, -0.2) is 0 Å². The predicted octanol–water partition coefficient (Wildman–Crippen LogP) is 2.42. The summed E-state index contributed by atoms with van der Waals surface area (Å²) in [6.07, 6.45) is 8.55. The van der Waals surface area contributed by atoms with Crippen molar-refractivity contribution >= 4 is 0 Å². The fourth-order valence-corrected chi connectivity index (χ4v) is 2.64. The minimum absolute atomic E-state index is 0.387. The topological polar surface area (TPSA) is 39.1 Å². The Kier molecular flexibility index (Phi) is 5.20. The molecule has 2 rings (SSSR count). The van der Waals surface area contributed by atoms with Gasteiger partial charge in [0.2, 0.25) is 0 Å². The van der Waals surface area contributed by atoms with Gasteiger partial charge in [0.25, 0.3) is 0 Å². The average molecular weight is 251 g/mol. The SMILES string of the molecule is CCNC(CCCC1CCCO1)c1ccn(C)n1. The van der Waals surface area contributed by atoms with Crippen LogP contribution in [0.3, 0.4) is 0 Å². The molecule has 18 heavy (non-hydrogen) atoms. The molecule has 4 heteroatoms. The van der Waals surface area contributed by atoms with Gasteiger partial charge in [0.1, 0.15) is 0 Å². The number of aryl methyl sites for hydroxylation is 1. The van der Waals surface area contributed by atoms with E-state index >= 15 is 0 Å². The van der Waals surface area contributed by atoms with Crippen LogP contribution in [0.5, 0.6) is 0 Å². The van der Waals surface area contributed by atoms with Gasteiger partial charge in [-0.05, 0) is 44.7 Å². The highest BCUT2D eigenvalue weighted by molar-refractivity contribution is 5.05. The number of hydrogen-bond donors (Lipinski definition) is 1. The molecule has 1 aliphatic rings. The van der Waals surface area contributed by atoms with E-state index < -0.39 is 0 Å². The number of hydrogen-bond acceptors (Lipinski definition) is 3. The molecule has 0 bridgehead atoms. The van der Waals surface area contributed by atoms with Gasteiger partial charge in [0.05, 0.1) is 17.8 Å². The summed E-state index contributed by atoms with van der Waals surface area (Å²) in [5.41, 5.74) is 1.16. The lowest BCUT2D eigenvalue weighted by Gasteiger charge is -2.16. The Morgan fingerprint density at radius 1 is 1.61 bits per heavy atom. The maximum atomic E-state index is 5.66. The number of nitrogens with zero attached hydrogens (tertiary/aromatic N) is 2. The summed E-state index contributed by atoms with van der Waals surface area (Å²) in [6.45, 7) is 4.10. The molecule has 0 amide bonds. The minimum atomic E-state index is 0.387. The Labute approximate surface area is 110 Å². The number of rotatable bonds is 7. The van der Waals surface area contributed by atoms with Gasteiger partial charge in [-0.2, -0.15) is 5.10 Å². The Bertz CT molecular complexity index is 345. The van der Waals surface area contributed by atoms with Crippen molar-refractivity contribution < 1.29 is 4.74 Å². The summed E-state index contributed by atoms with van der Waals surface area (Å²) in [5, 5.41) is 8.02. The van der Waals surface area contributed by atoms with Crippen LogP contribution in [-0.2, 0) is 11.8 Å². The molecule has 0 aliphatic carbocycles. The molecular weight excluding hydrogens is 226 g/mol. The normalized spacial score (nSPS) is 21.3. The molecular formula is C14H25N3O. The molecule has 1 aliphatic heterocycles. The Morgan fingerprint density at radius 2 is 2.50 bits per heavy atom. The predicted molar refractivity (Wildman–Crippen MR) is 72.5 cm³/mol. The summed E-state index contributed by atoms with van der Waals surface area (Å²) >= 11 is 0. The molecule has 2 heterocycles. The molecule has 0 saturated carbocycles. The number of aromatic nitrogens is 2. The van der Waals surface area contributed by atoms with E-state index in [1.165, 1.54) is 25.7 Å². The minimum Gasteiger partial charge on any atom is -0.378 e. The summed E-state index contributed by atoms with van der Waals surface area (Å²) in [5.74, 6) is 0. The monoisotopic (exact) mass is 251 g/mol. The molecule has 1 fully saturated rings. The van der Waals surface area contributed by atoms with Crippen molar-refractivity contribution in [1.29, 1.82) is 0 Å². The summed E-state index contributed by atoms with van der Waals surface area (Å²) < 4.78 is 7.54. The van der Waals surface area contributed by atoms with Gasteiger partial charge in [0.15, 0.2) is 0 Å². The molecule has 1 aromatic rings. The fourth-order valence-electron chi connectivity index (χ4n) is 2.64. The van der Waals surface area contributed by atoms with Crippen LogP contribution in [0.4, 0.5) is 0 Å². The summed E-state index contributed by atoms with van der Waals surface area (Å²) in [4.78, 5) is 0. The van der Waals surface area contributed by atoms with Crippen LogP contribution in [-0.4, -0.2) is 29.0 Å². The average Bonchev–Trinajstić information content (AvgIpc) is 2.99. The molecule has 102 valence electrons. The smallest absolute Gasteiger partial charge is 0.0793 e. The van der Waals surface area contributed by atoms with Crippen molar-refractivity contribution in [3.63, 3.8) is 0 Å². The Hall–Kier alpha value is -0.870. The van der Waals surface area contributed by atoms with Crippen LogP contribution in [0.2, 0.25) is 0 Å². The van der Waals surface area contributed by atoms with Crippen LogP contribution in [0.25, 0.3) is 0 Å². The lowest BCUT2D eigenvalue weighted by atomic mass is 10.0. The zero-order valence-electron chi connectivity index (χ0n) is 11.6. The summed E-state index contributed by atoms with van der Waals surface area (Å²) in [6, 6.07) is 2.50. The lowest BCUT2D eigenvalue weighted by Crippen LogP contribution is -2.22. The first-order valence-corrected chi connectivity index (χ1v) is 7.14. The van der Waals surface area contributed by atoms with Crippen molar-refractivity contribution in [2.75, 3.05) is 13.2 Å². The second-order valence-corrected chi connectivity index (χ2v) is 5.09. The molecule has 0 aromatic carbocycles. The van der Waals surface area contributed by atoms with Crippen molar-refractivity contribution in [2.45, 2.75) is 51.2 Å². The first-order chi connectivity index (χ1) is 8.79. The first kappa shape index (κ1) is 13.6. The maximum Gasteiger partial charge on any atom is 0.0793 e. The molecule has 2 atom stereocenters. The number of ether oxygens (including phenoxy) is 1. The first-order valence-electron chi connectivity index (χ1n) is 7.14. The molecule has 2 unspecified atom stereocenters. The zero-order valence-corrected chi connectivity index (χ0v) is 11.6. The van der Waals surface area contributed by atoms with Gasteiger partial charge in [-0.1, -0.05) is 6.92 Å². The maximum absolute atomic E-state index is 5.66. The quantitative estimate of drug-likeness (QED) is 0.809. The van der Waals surface area contributed by atoms with Gasteiger partial charge >= 0.3 is 0 Å². The van der Waals surface area contributed by atoms with E-state index in [4.69, 9.17) is 4.74 Å². The second kappa shape index (κ2) is 6.90. The molecule has 1 N–H and O–H groups in total. The molecule has 1 aromatic heterocycles. The van der Waals surface area contributed by atoms with E-state index in [0.29, 0.717) is 12.1 Å². The highest BCUT2D eigenvalue weighted by atomic mass is 16.5. The highest BCUT2D eigenvalue weighted by Gasteiger charge is 2.17. The van der Waals surface area contributed by atoms with Crippen molar-refractivity contribution in [1.82, 2.24) is 15.1 Å². The van der Waals surface area contributed by atoms with E-state index in [1.807, 2.05) is 17.9 Å². The third kappa shape index (κ3) is 3.82. The lowest BCUT2D eigenvalue weighted by molar-refractivity contribution is 0.101. The third-order valence-corrected chi connectivity index (χ3v) is 3.58. The van der Waals surface area contributed by atoms with Gasteiger partial charge in [0, 0.05) is 19.9 Å². The zero-order chi connectivity index (χ0) is 12.8. The van der Waals surface area contributed by atoms with Gasteiger partial charge in [-0.3, -0.25) is 4.68 Å². The third-order valence-electron chi connectivity index (χ3n) is 3.58. The van der Waals surface area contributed by atoms with Gasteiger partial charge < -0.3 is 10.1 Å². The summed E-state index contributed by atoms with van der Waals surface area (Å²) in [7, 11) is 1.97. The van der Waals surface area contributed by atoms with E-state index in [0.717, 1.165) is 25.3 Å². The Morgan fingerprint density at radius 3 is 3.11 bits per heavy atom. The van der Waals surface area contributed by atoms with Gasteiger partial charge in [-0.15, -0.1) is 0 Å². The Balaban J connectivity index is 1.78. The van der Waals surface area contributed by atoms with E-state index in [9.17, 15) is 0 Å². The van der Waals surface area contributed by atoms with Crippen molar-refractivity contribution in [3.05, 3.63) is 18.0 Å². The largest absolute Gasteiger partial charge is 0.378 e. The van der Waals surface area contributed by atoms with Crippen LogP contribution in [0.1, 0.15) is 50.8 Å². The van der Waals surface area contributed by atoms with Crippen LogP contribution >= 0.6 is 0 Å². The van der Waals surface area contributed by atoms with Crippen molar-refractivity contribution in [3.8, 4) is 0 Å². The number of nitrogens with one attached hydrogen (secondary N) is 1. The molecule has 0 spiro atoms. The van der Waals surface area contributed by atoms with E-state index in [-0.39, 0.29) is 0 Å². The molecule has 1 saturated heterocycles. The van der Waals surface area contributed by atoms with E-state index in [1.54, 1.807) is 0 Å². The fraction of sp³-hybridized carbons (Fsp3) is 0.786. The van der Waals surface area contributed by atoms with Crippen LogP contribution in [0, 0.1) is 0 Å². The van der Waals surface area contributed by atoms with Crippen LogP contribution < -0.4 is 5.32 Å².